The van der Waals surface area contributed by atoms with Gasteiger partial charge in [0, 0.05) is 0 Å². The lowest BCUT2D eigenvalue weighted by Gasteiger charge is -2.19. The number of carbonyl (C=O) groups is 1. The number of hydrogen-bond acceptors (Lipinski definition) is 5. The summed E-state index contributed by atoms with van der Waals surface area (Å²) in [4.78, 5) is 19.8. The van der Waals surface area contributed by atoms with E-state index in [1.54, 1.807) is 6.20 Å². The third-order valence-electron chi connectivity index (χ3n) is 2.12. The molecule has 6 nitrogen and oxygen atoms in total. The zero-order valence-electron chi connectivity index (χ0n) is 12.2. The predicted octanol–water partition coefficient (Wildman–Crippen LogP) is 2.71. The fraction of sp³-hybridized carbons (Fsp3) is 0.615. The van der Waals surface area contributed by atoms with Crippen molar-refractivity contribution in [3.05, 3.63) is 16.5 Å². The van der Waals surface area contributed by atoms with Gasteiger partial charge in [0.05, 0.1) is 12.7 Å². The number of alkyl carbamates (subject to hydrolysis) is 1. The molecule has 0 radical (unpaired) electrons. The molecule has 0 aliphatic rings. The fourth-order valence-corrected chi connectivity index (χ4v) is 1.67. The molecule has 0 aromatic carbocycles. The lowest BCUT2D eigenvalue weighted by molar-refractivity contribution is 0.0520. The van der Waals surface area contributed by atoms with E-state index in [1.807, 2.05) is 27.7 Å². The van der Waals surface area contributed by atoms with Crippen LogP contribution in [0.2, 0.25) is 0 Å². The van der Waals surface area contributed by atoms with Gasteiger partial charge in [-0.1, -0.05) is 6.92 Å². The molecule has 0 aliphatic heterocycles. The van der Waals surface area contributed by atoms with E-state index in [0.717, 1.165) is 12.1 Å². The number of amides is 1. The van der Waals surface area contributed by atoms with Crippen LogP contribution in [0.1, 0.15) is 33.4 Å². The molecule has 0 spiro atoms. The van der Waals surface area contributed by atoms with Gasteiger partial charge in [0.2, 0.25) is 5.88 Å². The third-order valence-corrected chi connectivity index (χ3v) is 2.50. The maximum atomic E-state index is 11.4. The number of halogens is 1. The van der Waals surface area contributed by atoms with E-state index in [0.29, 0.717) is 23.6 Å². The molecule has 0 unspecified atom stereocenters. The van der Waals surface area contributed by atoms with Crippen LogP contribution < -0.4 is 10.1 Å². The first-order chi connectivity index (χ1) is 9.31. The van der Waals surface area contributed by atoms with Crippen molar-refractivity contribution in [2.24, 2.45) is 0 Å². The maximum Gasteiger partial charge on any atom is 0.407 e. The summed E-state index contributed by atoms with van der Waals surface area (Å²) in [5.74, 6) is 0.488. The van der Waals surface area contributed by atoms with Crippen molar-refractivity contribution in [1.82, 2.24) is 15.3 Å². The first-order valence-electron chi connectivity index (χ1n) is 6.43. The van der Waals surface area contributed by atoms with Gasteiger partial charge >= 0.3 is 6.09 Å². The zero-order valence-corrected chi connectivity index (χ0v) is 13.8. The maximum absolute atomic E-state index is 11.4. The van der Waals surface area contributed by atoms with Crippen molar-refractivity contribution < 1.29 is 14.3 Å². The van der Waals surface area contributed by atoms with Crippen molar-refractivity contribution in [2.45, 2.75) is 39.7 Å². The molecule has 112 valence electrons. The van der Waals surface area contributed by atoms with E-state index in [9.17, 15) is 4.79 Å². The van der Waals surface area contributed by atoms with Gasteiger partial charge in [-0.2, -0.15) is 0 Å². The highest BCUT2D eigenvalue weighted by molar-refractivity contribution is 9.10. The van der Waals surface area contributed by atoms with Crippen LogP contribution in [-0.2, 0) is 11.2 Å². The number of rotatable bonds is 5. The Labute approximate surface area is 127 Å². The Kier molecular flexibility index (Phi) is 6.19. The number of carbonyl (C=O) groups excluding carboxylic acids is 1. The second-order valence-electron chi connectivity index (χ2n) is 5.08. The Hall–Kier alpha value is -1.37. The van der Waals surface area contributed by atoms with E-state index in [2.05, 4.69) is 31.2 Å². The molecule has 0 fully saturated rings. The predicted molar refractivity (Wildman–Crippen MR) is 78.8 cm³/mol. The number of nitrogens with zero attached hydrogens (tertiary/aromatic N) is 2. The van der Waals surface area contributed by atoms with Crippen molar-refractivity contribution in [2.75, 3.05) is 13.2 Å². The van der Waals surface area contributed by atoms with Gasteiger partial charge in [0.25, 0.3) is 0 Å². The molecule has 1 aromatic heterocycles. The molecule has 1 aromatic rings. The number of aromatic nitrogens is 2. The Balaban J connectivity index is 2.36. The monoisotopic (exact) mass is 345 g/mol. The zero-order chi connectivity index (χ0) is 15.2. The smallest absolute Gasteiger partial charge is 0.407 e. The Morgan fingerprint density at radius 2 is 2.15 bits per heavy atom. The van der Waals surface area contributed by atoms with E-state index in [1.165, 1.54) is 0 Å². The molecule has 0 atom stereocenters. The van der Waals surface area contributed by atoms with Gasteiger partial charge in [-0.15, -0.1) is 0 Å². The molecule has 7 heteroatoms. The molecule has 1 heterocycles. The molecule has 1 N–H and O–H groups in total. The molecule has 1 amide bonds. The van der Waals surface area contributed by atoms with Crippen LogP contribution in [0.5, 0.6) is 5.88 Å². The molecule has 0 aliphatic carbocycles. The minimum absolute atomic E-state index is 0.308. The van der Waals surface area contributed by atoms with Crippen molar-refractivity contribution in [3.8, 4) is 5.88 Å². The number of nitrogens with one attached hydrogen (secondary N) is 1. The fourth-order valence-electron chi connectivity index (χ4n) is 1.36. The molecule has 0 saturated carbocycles. The van der Waals surface area contributed by atoms with E-state index in [4.69, 9.17) is 9.47 Å². The molecule has 20 heavy (non-hydrogen) atoms. The van der Waals surface area contributed by atoms with E-state index >= 15 is 0 Å². The highest BCUT2D eigenvalue weighted by Gasteiger charge is 2.15. The standard InChI is InChI=1S/C13H20BrN3O3/c1-5-9-11(16-8-10(14)17-9)19-7-6-15-12(18)20-13(2,3)4/h8H,5-7H2,1-4H3,(H,15,18). The second kappa shape index (κ2) is 7.42. The van der Waals surface area contributed by atoms with Gasteiger partial charge in [0.15, 0.2) is 0 Å². The summed E-state index contributed by atoms with van der Waals surface area (Å²) in [6.45, 7) is 8.07. The highest BCUT2D eigenvalue weighted by atomic mass is 79.9. The van der Waals surface area contributed by atoms with Crippen molar-refractivity contribution in [1.29, 1.82) is 0 Å². The van der Waals surface area contributed by atoms with Crippen LogP contribution in [0.4, 0.5) is 4.79 Å². The Morgan fingerprint density at radius 3 is 2.75 bits per heavy atom. The summed E-state index contributed by atoms with van der Waals surface area (Å²) >= 11 is 3.26. The number of hydrogen-bond donors (Lipinski definition) is 1. The van der Waals surface area contributed by atoms with E-state index in [-0.39, 0.29) is 0 Å². The summed E-state index contributed by atoms with van der Waals surface area (Å²) < 4.78 is 11.3. The van der Waals surface area contributed by atoms with Gasteiger partial charge in [-0.3, -0.25) is 0 Å². The van der Waals surface area contributed by atoms with Crippen LogP contribution in [0.3, 0.4) is 0 Å². The lowest BCUT2D eigenvalue weighted by atomic mass is 10.2. The van der Waals surface area contributed by atoms with Crippen LogP contribution in [0, 0.1) is 0 Å². The van der Waals surface area contributed by atoms with Gasteiger partial charge < -0.3 is 14.8 Å². The van der Waals surface area contributed by atoms with Crippen molar-refractivity contribution >= 4 is 22.0 Å². The topological polar surface area (TPSA) is 73.3 Å². The first-order valence-corrected chi connectivity index (χ1v) is 7.22. The third kappa shape index (κ3) is 6.18. The normalized spacial score (nSPS) is 11.1. The van der Waals surface area contributed by atoms with Gasteiger partial charge in [-0.05, 0) is 43.1 Å². The Bertz CT molecular complexity index is 461. The average molecular weight is 346 g/mol. The number of aryl methyl sites for hydroxylation is 1. The van der Waals surface area contributed by atoms with Crippen molar-refractivity contribution in [3.63, 3.8) is 0 Å². The van der Waals surface area contributed by atoms with Gasteiger partial charge in [-0.25, -0.2) is 14.8 Å². The summed E-state index contributed by atoms with van der Waals surface area (Å²) in [5.41, 5.74) is 0.272. The minimum Gasteiger partial charge on any atom is -0.474 e. The molecule has 0 bridgehead atoms. The molecule has 0 saturated heterocycles. The summed E-state index contributed by atoms with van der Waals surface area (Å²) in [5, 5.41) is 2.61. The first kappa shape index (κ1) is 16.7. The lowest BCUT2D eigenvalue weighted by Crippen LogP contribution is -2.34. The summed E-state index contributed by atoms with van der Waals surface area (Å²) in [6, 6.07) is 0. The molecular weight excluding hydrogens is 326 g/mol. The van der Waals surface area contributed by atoms with Crippen LogP contribution in [0.15, 0.2) is 10.8 Å². The molecule has 1 rings (SSSR count). The molecular formula is C13H20BrN3O3. The van der Waals surface area contributed by atoms with Crippen LogP contribution >= 0.6 is 15.9 Å². The van der Waals surface area contributed by atoms with Gasteiger partial charge in [0.1, 0.15) is 22.5 Å². The summed E-state index contributed by atoms with van der Waals surface area (Å²) in [7, 11) is 0. The Morgan fingerprint density at radius 1 is 1.45 bits per heavy atom. The minimum atomic E-state index is -0.502. The largest absolute Gasteiger partial charge is 0.474 e. The van der Waals surface area contributed by atoms with Crippen LogP contribution in [-0.4, -0.2) is 34.8 Å². The highest BCUT2D eigenvalue weighted by Crippen LogP contribution is 2.16. The van der Waals surface area contributed by atoms with E-state index < -0.39 is 11.7 Å². The second-order valence-corrected chi connectivity index (χ2v) is 5.89. The quantitative estimate of drug-likeness (QED) is 0.830. The average Bonchev–Trinajstić information content (AvgIpc) is 2.33. The van der Waals surface area contributed by atoms with Crippen LogP contribution in [0.25, 0.3) is 0 Å². The SMILES string of the molecule is CCc1nc(Br)cnc1OCCNC(=O)OC(C)(C)C. The number of ether oxygens (including phenoxy) is 2. The summed E-state index contributed by atoms with van der Waals surface area (Å²) in [6.07, 6.45) is 1.84.